The zero-order chi connectivity index (χ0) is 23.0. The van der Waals surface area contributed by atoms with Crippen molar-refractivity contribution in [2.45, 2.75) is 51.2 Å². The monoisotopic (exact) mass is 429 g/mol. The van der Waals surface area contributed by atoms with E-state index in [4.69, 9.17) is 15.5 Å². The van der Waals surface area contributed by atoms with Crippen LogP contribution in [0.5, 0.6) is 0 Å². The summed E-state index contributed by atoms with van der Waals surface area (Å²) in [5.41, 5.74) is 1.84. The molecular weight excluding hydrogens is 402 g/mol. The van der Waals surface area contributed by atoms with E-state index >= 15 is 0 Å². The van der Waals surface area contributed by atoms with Crippen molar-refractivity contribution in [1.82, 2.24) is 14.5 Å². The predicted octanol–water partition coefficient (Wildman–Crippen LogP) is 2.88. The Morgan fingerprint density at radius 2 is 1.90 bits per heavy atom. The normalized spacial score (nSPS) is 19.3. The van der Waals surface area contributed by atoms with Crippen LogP contribution in [0.4, 0.5) is 5.82 Å². The molecule has 3 rings (SSSR count). The second kappa shape index (κ2) is 11.1. The molecule has 0 bridgehead atoms. The number of carbonyl (C=O) groups is 2. The van der Waals surface area contributed by atoms with Crippen LogP contribution in [0.15, 0.2) is 24.4 Å². The summed E-state index contributed by atoms with van der Waals surface area (Å²) in [5, 5.41) is 37.7. The molecule has 0 spiro atoms. The molecule has 0 unspecified atom stereocenters. The molecule has 166 valence electrons. The Morgan fingerprint density at radius 1 is 1.29 bits per heavy atom. The highest BCUT2D eigenvalue weighted by Gasteiger charge is 2.27. The maximum atomic E-state index is 10.1. The second-order valence-corrected chi connectivity index (χ2v) is 7.37. The van der Waals surface area contributed by atoms with E-state index in [1.807, 2.05) is 13.1 Å². The van der Waals surface area contributed by atoms with Gasteiger partial charge in [-0.1, -0.05) is 0 Å². The molecule has 1 saturated carbocycles. The van der Waals surface area contributed by atoms with Crippen LogP contribution < -0.4 is 5.32 Å². The maximum Gasteiger partial charge on any atom is 0.328 e. The number of anilines is 1. The third-order valence-electron chi connectivity index (χ3n) is 5.16. The number of nitriles is 1. The molecular formula is C21H27N5O5. The van der Waals surface area contributed by atoms with Gasteiger partial charge in [-0.25, -0.2) is 19.6 Å². The number of nitrogens with zero attached hydrogens (tertiary/aromatic N) is 4. The van der Waals surface area contributed by atoms with Crippen LogP contribution in [0, 0.1) is 17.2 Å². The van der Waals surface area contributed by atoms with Crippen LogP contribution in [0.2, 0.25) is 0 Å². The predicted molar refractivity (Wildman–Crippen MR) is 113 cm³/mol. The number of carboxylic acid groups (broad SMARTS) is 2. The summed E-state index contributed by atoms with van der Waals surface area (Å²) in [6.45, 7) is 1.76. The first-order valence-electron chi connectivity index (χ1n) is 10.0. The Kier molecular flexibility index (Phi) is 8.52. The molecule has 1 fully saturated rings. The smallest absolute Gasteiger partial charge is 0.328 e. The van der Waals surface area contributed by atoms with E-state index < -0.39 is 18.0 Å². The lowest BCUT2D eigenvalue weighted by Crippen LogP contribution is -2.20. The minimum atomic E-state index is -1.26. The van der Waals surface area contributed by atoms with Gasteiger partial charge in [0.15, 0.2) is 0 Å². The van der Waals surface area contributed by atoms with Crippen molar-refractivity contribution in [3.8, 4) is 6.07 Å². The number of aliphatic carboxylic acids is 2. The van der Waals surface area contributed by atoms with E-state index in [-0.39, 0.29) is 0 Å². The van der Waals surface area contributed by atoms with Crippen molar-refractivity contribution in [1.29, 1.82) is 5.26 Å². The molecule has 2 aromatic heterocycles. The Bertz CT molecular complexity index is 968. The molecule has 2 heterocycles. The average molecular weight is 429 g/mol. The first-order valence-corrected chi connectivity index (χ1v) is 10.0. The molecule has 4 N–H and O–H groups in total. The number of imidazole rings is 1. The second-order valence-electron chi connectivity index (χ2n) is 7.37. The molecule has 0 saturated heterocycles. The van der Waals surface area contributed by atoms with E-state index in [1.54, 1.807) is 13.1 Å². The number of aromatic nitrogens is 3. The van der Waals surface area contributed by atoms with E-state index in [0.29, 0.717) is 36.4 Å². The Labute approximate surface area is 179 Å². The van der Waals surface area contributed by atoms with Gasteiger partial charge in [0, 0.05) is 37.7 Å². The van der Waals surface area contributed by atoms with E-state index in [9.17, 15) is 14.7 Å². The Hall–Kier alpha value is -3.45. The summed E-state index contributed by atoms with van der Waals surface area (Å²) >= 11 is 0. The van der Waals surface area contributed by atoms with Gasteiger partial charge in [-0.2, -0.15) is 5.26 Å². The number of aliphatic hydroxyl groups is 1. The molecule has 1 aliphatic rings. The minimum Gasteiger partial charge on any atom is -0.478 e. The highest BCUT2D eigenvalue weighted by Crippen LogP contribution is 2.37. The van der Waals surface area contributed by atoms with E-state index in [0.717, 1.165) is 42.5 Å². The fourth-order valence-electron chi connectivity index (χ4n) is 3.71. The SMILES string of the molecule is CNc1cc2c(cn1)nc([C@@H](C)O)n2[C@H]1CC[C@H](CC#N)CC1.O=C(O)/C=C/C(=O)O. The molecule has 31 heavy (non-hydrogen) atoms. The Balaban J connectivity index is 0.000000366. The van der Waals surface area contributed by atoms with Gasteiger partial charge in [0.25, 0.3) is 0 Å². The molecule has 1 atom stereocenters. The van der Waals surface area contributed by atoms with Crippen LogP contribution in [0.25, 0.3) is 11.0 Å². The van der Waals surface area contributed by atoms with Gasteiger partial charge in [0.05, 0.1) is 17.8 Å². The zero-order valence-electron chi connectivity index (χ0n) is 17.5. The standard InChI is InChI=1S/C17H23N5O.C4H4O4/c1-11(23)17-21-14-10-20-16(19-2)9-15(14)22(17)13-5-3-12(4-6-13)7-8-18;5-3(6)1-2-4(7)8/h9-13,23H,3-7H2,1-2H3,(H,19,20);1-2H,(H,5,6)(H,7,8)/b;2-1+/t11-,12-,13-;/m1./s1. The lowest BCUT2D eigenvalue weighted by Gasteiger charge is -2.30. The highest BCUT2D eigenvalue weighted by atomic mass is 16.4. The first-order chi connectivity index (χ1) is 14.8. The quantitative estimate of drug-likeness (QED) is 0.506. The third kappa shape index (κ3) is 6.52. The van der Waals surface area contributed by atoms with Gasteiger partial charge in [-0.3, -0.25) is 0 Å². The van der Waals surface area contributed by atoms with Crippen molar-refractivity contribution >= 4 is 28.8 Å². The number of carboxylic acids is 2. The molecule has 10 heteroatoms. The lowest BCUT2D eigenvalue weighted by molar-refractivity contribution is -0.134. The fraction of sp³-hybridized carbons (Fsp3) is 0.476. The number of aliphatic hydroxyl groups excluding tert-OH is 1. The maximum absolute atomic E-state index is 10.1. The highest BCUT2D eigenvalue weighted by molar-refractivity contribution is 5.89. The van der Waals surface area contributed by atoms with Crippen molar-refractivity contribution in [3.63, 3.8) is 0 Å². The summed E-state index contributed by atoms with van der Waals surface area (Å²) in [5.74, 6) is -0.497. The molecule has 2 aromatic rings. The molecule has 0 aromatic carbocycles. The molecule has 0 radical (unpaired) electrons. The van der Waals surface area contributed by atoms with Gasteiger partial charge < -0.3 is 25.2 Å². The topological polar surface area (TPSA) is 161 Å². The molecule has 0 amide bonds. The summed E-state index contributed by atoms with van der Waals surface area (Å²) in [6.07, 6.45) is 7.06. The van der Waals surface area contributed by atoms with E-state index in [2.05, 4.69) is 25.9 Å². The van der Waals surface area contributed by atoms with Crippen molar-refractivity contribution < 1.29 is 24.9 Å². The zero-order valence-corrected chi connectivity index (χ0v) is 17.5. The largest absolute Gasteiger partial charge is 0.478 e. The number of hydrogen-bond acceptors (Lipinski definition) is 7. The number of nitrogens with one attached hydrogen (secondary N) is 1. The first kappa shape index (κ1) is 23.8. The summed E-state index contributed by atoms with van der Waals surface area (Å²) in [7, 11) is 1.84. The fourth-order valence-corrected chi connectivity index (χ4v) is 3.71. The van der Waals surface area contributed by atoms with Gasteiger partial charge in [0.1, 0.15) is 23.3 Å². The van der Waals surface area contributed by atoms with Crippen LogP contribution in [0.1, 0.15) is 57.0 Å². The summed E-state index contributed by atoms with van der Waals surface area (Å²) < 4.78 is 2.19. The van der Waals surface area contributed by atoms with Crippen molar-refractivity contribution in [3.05, 3.63) is 30.2 Å². The van der Waals surface area contributed by atoms with E-state index in [1.165, 1.54) is 0 Å². The lowest BCUT2D eigenvalue weighted by atomic mass is 9.84. The summed E-state index contributed by atoms with van der Waals surface area (Å²) in [4.78, 5) is 28.0. The van der Waals surface area contributed by atoms with Crippen molar-refractivity contribution in [2.75, 3.05) is 12.4 Å². The van der Waals surface area contributed by atoms with Crippen LogP contribution in [-0.2, 0) is 9.59 Å². The number of fused-ring (bicyclic) bond motifs is 1. The number of pyridine rings is 1. The van der Waals surface area contributed by atoms with Gasteiger partial charge in [-0.05, 0) is 38.5 Å². The molecule has 10 nitrogen and oxygen atoms in total. The minimum absolute atomic E-state index is 0.326. The van der Waals surface area contributed by atoms with Gasteiger partial charge in [0.2, 0.25) is 0 Å². The van der Waals surface area contributed by atoms with Gasteiger partial charge in [-0.15, -0.1) is 0 Å². The van der Waals surface area contributed by atoms with Crippen LogP contribution in [0.3, 0.4) is 0 Å². The molecule has 1 aliphatic carbocycles. The average Bonchev–Trinajstić information content (AvgIpc) is 3.12. The number of hydrogen-bond donors (Lipinski definition) is 4. The van der Waals surface area contributed by atoms with Crippen molar-refractivity contribution in [2.24, 2.45) is 5.92 Å². The third-order valence-corrected chi connectivity index (χ3v) is 5.16. The molecule has 0 aliphatic heterocycles. The Morgan fingerprint density at radius 3 is 2.39 bits per heavy atom. The van der Waals surface area contributed by atoms with Crippen LogP contribution >= 0.6 is 0 Å². The van der Waals surface area contributed by atoms with Gasteiger partial charge >= 0.3 is 11.9 Å². The summed E-state index contributed by atoms with van der Waals surface area (Å²) in [6, 6.07) is 4.61. The number of rotatable bonds is 6. The van der Waals surface area contributed by atoms with Crippen LogP contribution in [-0.4, -0.2) is 48.8 Å².